The fourth-order valence-electron chi connectivity index (χ4n) is 2.46. The van der Waals surface area contributed by atoms with Gasteiger partial charge in [0.1, 0.15) is 0 Å². The molecule has 4 nitrogen and oxygen atoms in total. The van der Waals surface area contributed by atoms with E-state index in [0.717, 1.165) is 29.6 Å². The lowest BCUT2D eigenvalue weighted by Gasteiger charge is -2.30. The molecule has 22 heavy (non-hydrogen) atoms. The number of halogens is 1. The van der Waals surface area contributed by atoms with Crippen LogP contribution in [0.3, 0.4) is 0 Å². The number of hydrogen-bond donors (Lipinski definition) is 2. The molecule has 1 rings (SSSR count). The van der Waals surface area contributed by atoms with Crippen molar-refractivity contribution in [2.45, 2.75) is 46.3 Å². The highest BCUT2D eigenvalue weighted by Gasteiger charge is 2.12. The molecule has 0 heterocycles. The van der Waals surface area contributed by atoms with E-state index in [1.165, 1.54) is 0 Å². The zero-order chi connectivity index (χ0) is 16.5. The Bertz CT molecular complexity index is 463. The van der Waals surface area contributed by atoms with Crippen molar-refractivity contribution >= 4 is 17.6 Å². The van der Waals surface area contributed by atoms with Crippen LogP contribution in [-0.4, -0.2) is 43.1 Å². The van der Waals surface area contributed by atoms with Crippen molar-refractivity contribution in [1.29, 1.82) is 0 Å². The minimum absolute atomic E-state index is 0.542. The molecule has 0 fully saturated rings. The Morgan fingerprint density at radius 2 is 1.77 bits per heavy atom. The minimum Gasteiger partial charge on any atom is -0.355 e. The normalized spacial score (nSPS) is 12.3. The van der Waals surface area contributed by atoms with E-state index < -0.39 is 0 Å². The Hall–Kier alpha value is -1.26. The van der Waals surface area contributed by atoms with E-state index in [9.17, 15) is 0 Å². The number of hydrogen-bond acceptors (Lipinski definition) is 2. The van der Waals surface area contributed by atoms with E-state index >= 15 is 0 Å². The van der Waals surface area contributed by atoms with Crippen LogP contribution in [-0.2, 0) is 6.54 Å². The molecule has 2 N–H and O–H groups in total. The van der Waals surface area contributed by atoms with E-state index in [1.54, 1.807) is 7.05 Å². The van der Waals surface area contributed by atoms with Crippen LogP contribution >= 0.6 is 11.6 Å². The van der Waals surface area contributed by atoms with Crippen LogP contribution in [0.5, 0.6) is 0 Å². The van der Waals surface area contributed by atoms with Crippen molar-refractivity contribution < 1.29 is 0 Å². The maximum Gasteiger partial charge on any atom is 0.191 e. The maximum atomic E-state index is 6.16. The average molecular weight is 325 g/mol. The predicted octanol–water partition coefficient (Wildman–Crippen LogP) is 3.12. The number of aliphatic imine (C=N–C) groups is 1. The lowest BCUT2D eigenvalue weighted by atomic mass is 10.2. The van der Waals surface area contributed by atoms with E-state index in [1.807, 2.05) is 24.3 Å². The first-order chi connectivity index (χ1) is 10.5. The monoisotopic (exact) mass is 324 g/mol. The van der Waals surface area contributed by atoms with Gasteiger partial charge in [0.2, 0.25) is 0 Å². The standard InChI is InChI=1S/C17H29ClN4/c1-13(2)22(14(3)4)11-10-20-17(19-5)21-12-15-8-6-7-9-16(15)18/h6-9,13-14H,10-12H2,1-5H3,(H2,19,20,21). The molecular weight excluding hydrogens is 296 g/mol. The van der Waals surface area contributed by atoms with Crippen LogP contribution in [0.15, 0.2) is 29.3 Å². The van der Waals surface area contributed by atoms with Crippen LogP contribution in [0.25, 0.3) is 0 Å². The van der Waals surface area contributed by atoms with Crippen LogP contribution in [0, 0.1) is 0 Å². The van der Waals surface area contributed by atoms with Gasteiger partial charge in [-0.2, -0.15) is 0 Å². The van der Waals surface area contributed by atoms with Gasteiger partial charge in [0.15, 0.2) is 5.96 Å². The topological polar surface area (TPSA) is 39.7 Å². The number of nitrogens with one attached hydrogen (secondary N) is 2. The molecule has 0 saturated carbocycles. The average Bonchev–Trinajstić information content (AvgIpc) is 2.47. The van der Waals surface area contributed by atoms with E-state index in [0.29, 0.717) is 18.6 Å². The molecule has 0 unspecified atom stereocenters. The largest absolute Gasteiger partial charge is 0.355 e. The van der Waals surface area contributed by atoms with Gasteiger partial charge < -0.3 is 10.6 Å². The SMILES string of the molecule is CN=C(NCCN(C(C)C)C(C)C)NCc1ccccc1Cl. The van der Waals surface area contributed by atoms with E-state index in [4.69, 9.17) is 11.6 Å². The molecule has 0 aliphatic carbocycles. The second kappa shape index (κ2) is 9.70. The van der Waals surface area contributed by atoms with Crippen molar-refractivity contribution in [3.8, 4) is 0 Å². The minimum atomic E-state index is 0.542. The molecule has 0 spiro atoms. The third-order valence-corrected chi connectivity index (χ3v) is 3.99. The van der Waals surface area contributed by atoms with Crippen molar-refractivity contribution in [3.05, 3.63) is 34.9 Å². The first-order valence-corrected chi connectivity index (χ1v) is 8.27. The first-order valence-electron chi connectivity index (χ1n) is 7.89. The second-order valence-electron chi connectivity index (χ2n) is 5.87. The molecule has 0 aliphatic heterocycles. The third kappa shape index (κ3) is 6.24. The summed E-state index contributed by atoms with van der Waals surface area (Å²) < 4.78 is 0. The van der Waals surface area contributed by atoms with Gasteiger partial charge in [0.25, 0.3) is 0 Å². The Kier molecular flexibility index (Phi) is 8.28. The lowest BCUT2D eigenvalue weighted by Crippen LogP contribution is -2.45. The number of nitrogens with zero attached hydrogens (tertiary/aromatic N) is 2. The number of rotatable bonds is 7. The summed E-state index contributed by atoms with van der Waals surface area (Å²) in [7, 11) is 1.78. The molecular formula is C17H29ClN4. The maximum absolute atomic E-state index is 6.16. The molecule has 0 radical (unpaired) electrons. The summed E-state index contributed by atoms with van der Waals surface area (Å²) in [6.07, 6.45) is 0. The molecule has 1 aromatic rings. The summed E-state index contributed by atoms with van der Waals surface area (Å²) in [6.45, 7) is 11.4. The zero-order valence-electron chi connectivity index (χ0n) is 14.4. The van der Waals surface area contributed by atoms with Crippen LogP contribution in [0.2, 0.25) is 5.02 Å². The van der Waals surface area contributed by atoms with E-state index in [-0.39, 0.29) is 0 Å². The van der Waals surface area contributed by atoms with Crippen molar-refractivity contribution in [3.63, 3.8) is 0 Å². The third-order valence-electron chi connectivity index (χ3n) is 3.62. The molecule has 0 atom stereocenters. The summed E-state index contributed by atoms with van der Waals surface area (Å²) in [5, 5.41) is 7.42. The van der Waals surface area contributed by atoms with Gasteiger partial charge in [0, 0.05) is 43.8 Å². The Morgan fingerprint density at radius 3 is 2.32 bits per heavy atom. The Labute approximate surface area is 140 Å². The molecule has 1 aromatic carbocycles. The summed E-state index contributed by atoms with van der Waals surface area (Å²) in [4.78, 5) is 6.70. The highest BCUT2D eigenvalue weighted by Crippen LogP contribution is 2.14. The lowest BCUT2D eigenvalue weighted by molar-refractivity contribution is 0.178. The highest BCUT2D eigenvalue weighted by molar-refractivity contribution is 6.31. The fraction of sp³-hybridized carbons (Fsp3) is 0.588. The van der Waals surface area contributed by atoms with Crippen LogP contribution in [0.1, 0.15) is 33.3 Å². The molecule has 0 aromatic heterocycles. The van der Waals surface area contributed by atoms with Gasteiger partial charge in [-0.15, -0.1) is 0 Å². The summed E-state index contributed by atoms with van der Waals surface area (Å²) in [5.74, 6) is 0.799. The predicted molar refractivity (Wildman–Crippen MR) is 96.6 cm³/mol. The Morgan fingerprint density at radius 1 is 1.14 bits per heavy atom. The van der Waals surface area contributed by atoms with Crippen molar-refractivity contribution in [2.75, 3.05) is 20.1 Å². The number of guanidine groups is 1. The summed E-state index contributed by atoms with van der Waals surface area (Å²) in [5.41, 5.74) is 1.07. The molecule has 0 amide bonds. The van der Waals surface area contributed by atoms with Crippen molar-refractivity contribution in [2.24, 2.45) is 4.99 Å². The Balaban J connectivity index is 2.42. The smallest absolute Gasteiger partial charge is 0.191 e. The van der Waals surface area contributed by atoms with E-state index in [2.05, 4.69) is 48.2 Å². The first kappa shape index (κ1) is 18.8. The van der Waals surface area contributed by atoms with Gasteiger partial charge >= 0.3 is 0 Å². The fourth-order valence-corrected chi connectivity index (χ4v) is 2.66. The van der Waals surface area contributed by atoms with Gasteiger partial charge in [-0.05, 0) is 39.3 Å². The van der Waals surface area contributed by atoms with Gasteiger partial charge in [-0.3, -0.25) is 9.89 Å². The highest BCUT2D eigenvalue weighted by atomic mass is 35.5. The van der Waals surface area contributed by atoms with Gasteiger partial charge in [-0.25, -0.2) is 0 Å². The van der Waals surface area contributed by atoms with Crippen molar-refractivity contribution in [1.82, 2.24) is 15.5 Å². The molecule has 0 bridgehead atoms. The van der Waals surface area contributed by atoms with Gasteiger partial charge in [0.05, 0.1) is 0 Å². The van der Waals surface area contributed by atoms with Crippen LogP contribution < -0.4 is 10.6 Å². The van der Waals surface area contributed by atoms with Crippen LogP contribution in [0.4, 0.5) is 0 Å². The summed E-state index contributed by atoms with van der Waals surface area (Å²) >= 11 is 6.16. The molecule has 0 saturated heterocycles. The molecule has 5 heteroatoms. The second-order valence-corrected chi connectivity index (χ2v) is 6.28. The molecule has 0 aliphatic rings. The van der Waals surface area contributed by atoms with Gasteiger partial charge in [-0.1, -0.05) is 29.8 Å². The molecule has 124 valence electrons. The quantitative estimate of drug-likeness (QED) is 0.598. The summed E-state index contributed by atoms with van der Waals surface area (Å²) in [6, 6.07) is 8.92. The number of benzene rings is 1. The zero-order valence-corrected chi connectivity index (χ0v) is 15.1.